The van der Waals surface area contributed by atoms with Crippen molar-refractivity contribution in [3.05, 3.63) is 118 Å². The van der Waals surface area contributed by atoms with E-state index in [2.05, 4.69) is 80.6 Å². The maximum absolute atomic E-state index is 10.1. The van der Waals surface area contributed by atoms with Gasteiger partial charge in [-0.2, -0.15) is 32.4 Å². The minimum atomic E-state index is -0.346. The van der Waals surface area contributed by atoms with E-state index in [1.54, 1.807) is 6.07 Å². The van der Waals surface area contributed by atoms with Crippen molar-refractivity contribution in [2.75, 3.05) is 0 Å². The predicted molar refractivity (Wildman–Crippen MR) is 205 cm³/mol. The number of nitriles is 5. The molecule has 0 atom stereocenters. The average molecular weight is 910 g/mol. The largest absolute Gasteiger partial charge is 2.00 e. The molecule has 0 saturated carbocycles. The van der Waals surface area contributed by atoms with Crippen molar-refractivity contribution in [3.63, 3.8) is 0 Å². The van der Waals surface area contributed by atoms with E-state index >= 15 is 0 Å². The number of pyridine rings is 2. The number of aromatic nitrogens is 5. The monoisotopic (exact) mass is 909 g/mol. The Labute approximate surface area is 337 Å². The van der Waals surface area contributed by atoms with Gasteiger partial charge in [-0.15, -0.1) is 17.5 Å². The van der Waals surface area contributed by atoms with E-state index in [1.807, 2.05) is 72.9 Å². The van der Waals surface area contributed by atoms with Gasteiger partial charge in [-0.05, 0) is 57.7 Å². The zero-order valence-corrected chi connectivity index (χ0v) is 33.4. The zero-order chi connectivity index (χ0) is 39.2. The molecule has 0 radical (unpaired) electrons. The maximum atomic E-state index is 10.1. The van der Waals surface area contributed by atoms with Crippen LogP contribution in [0.5, 0.6) is 11.6 Å². The summed E-state index contributed by atoms with van der Waals surface area (Å²) in [5.41, 5.74) is 2.61. The Morgan fingerprint density at radius 1 is 0.679 bits per heavy atom. The Kier molecular flexibility index (Phi) is 10.1. The molecule has 0 spiro atoms. The molecule has 0 bridgehead atoms. The molecular formula is C44H30N10OPt. The number of benzene rings is 3. The van der Waals surface area contributed by atoms with Crippen molar-refractivity contribution < 1.29 is 25.8 Å². The summed E-state index contributed by atoms with van der Waals surface area (Å²) in [4.78, 5) is 9.56. The number of fused-ring (bicyclic) bond motifs is 3. The van der Waals surface area contributed by atoms with Crippen LogP contribution in [0.2, 0.25) is 0 Å². The van der Waals surface area contributed by atoms with E-state index in [0.717, 1.165) is 38.8 Å². The van der Waals surface area contributed by atoms with Crippen LogP contribution in [0.25, 0.3) is 50.3 Å². The molecule has 11 nitrogen and oxygen atoms in total. The second-order valence-electron chi connectivity index (χ2n) is 14.9. The Bertz CT molecular complexity index is 2890. The van der Waals surface area contributed by atoms with E-state index in [0.29, 0.717) is 17.1 Å². The van der Waals surface area contributed by atoms with Crippen molar-refractivity contribution in [2.45, 2.75) is 52.4 Å². The van der Waals surface area contributed by atoms with E-state index in [4.69, 9.17) is 14.7 Å². The van der Waals surface area contributed by atoms with Gasteiger partial charge in [0.15, 0.2) is 0 Å². The molecule has 0 fully saturated rings. The number of hydrogen-bond acceptors (Lipinski definition) is 9. The van der Waals surface area contributed by atoms with Crippen LogP contribution in [-0.4, -0.2) is 19.6 Å². The molecule has 0 unspecified atom stereocenters. The van der Waals surface area contributed by atoms with Gasteiger partial charge in [-0.1, -0.05) is 71.0 Å². The number of para-hydroxylation sites is 1. The summed E-state index contributed by atoms with van der Waals surface area (Å²) >= 11 is 0. The molecule has 56 heavy (non-hydrogen) atoms. The number of ether oxygens (including phenoxy) is 1. The second-order valence-corrected chi connectivity index (χ2v) is 14.9. The molecule has 0 aliphatic heterocycles. The standard InChI is InChI=1S/C44H30N10O.Pt/c1-43(2,3)25-13-14-50-40(16-25)54-38-10-8-7-9-28(38)29-12-11-27(18-39(29)54)55-41-17-26(44(4,5)6)15-35(51-41)36-19-37(53-52-36)42-33(23-48)31(21-46)30(20-45)32(22-47)34(42)24-49;/h7-17,19H,1-6H3;/q-2;+2. The van der Waals surface area contributed by atoms with Crippen LogP contribution in [0.3, 0.4) is 0 Å². The predicted octanol–water partition coefficient (Wildman–Crippen LogP) is 8.80. The maximum Gasteiger partial charge on any atom is 2.00 e. The summed E-state index contributed by atoms with van der Waals surface area (Å²) in [5.74, 6) is 1.45. The van der Waals surface area contributed by atoms with E-state index < -0.39 is 0 Å². The Balaban J connectivity index is 0.00000532. The smallest absolute Gasteiger partial charge is 0.573 e. The van der Waals surface area contributed by atoms with Gasteiger partial charge in [-0.25, -0.2) is 9.97 Å². The first-order valence-electron chi connectivity index (χ1n) is 17.2. The molecule has 0 N–H and O–H groups in total. The Morgan fingerprint density at radius 3 is 1.93 bits per heavy atom. The molecular weight excluding hydrogens is 880 g/mol. The molecule has 4 heterocycles. The third kappa shape index (κ3) is 6.65. The van der Waals surface area contributed by atoms with Crippen LogP contribution in [-0.2, 0) is 31.9 Å². The SMILES string of the molecule is CC(C)(C)c1cc(Oc2[c-]c3c(cc2)c2ccccc2n3-c2cc(C(C)(C)C)ccn2)nc(-c2cc(-c3c(C#N)c(C#N)c(C#N)c(C#N)c3C#N)n[n-]2)c1.[Pt+2]. The van der Waals surface area contributed by atoms with Crippen molar-refractivity contribution in [2.24, 2.45) is 0 Å². The van der Waals surface area contributed by atoms with Gasteiger partial charge in [0.1, 0.15) is 36.2 Å². The first kappa shape index (κ1) is 38.6. The third-order valence-corrected chi connectivity index (χ3v) is 9.40. The van der Waals surface area contributed by atoms with Crippen molar-refractivity contribution in [1.29, 1.82) is 26.3 Å². The van der Waals surface area contributed by atoms with Crippen LogP contribution in [0, 0.1) is 62.7 Å². The first-order chi connectivity index (χ1) is 26.3. The Morgan fingerprint density at radius 2 is 1.30 bits per heavy atom. The Hall–Kier alpha value is -7.09. The molecule has 0 aliphatic rings. The molecule has 7 aromatic rings. The quantitative estimate of drug-likeness (QED) is 0.151. The fourth-order valence-electron chi connectivity index (χ4n) is 6.52. The number of hydrogen-bond donors (Lipinski definition) is 0. The topological polar surface area (TPSA) is 186 Å². The molecule has 12 heteroatoms. The zero-order valence-electron chi connectivity index (χ0n) is 31.1. The number of rotatable bonds is 5. The first-order valence-corrected chi connectivity index (χ1v) is 17.2. The van der Waals surface area contributed by atoms with E-state index in [1.165, 1.54) is 6.07 Å². The summed E-state index contributed by atoms with van der Waals surface area (Å²) in [6, 6.07) is 34.2. The number of nitrogens with zero attached hydrogens (tertiary/aromatic N) is 10. The van der Waals surface area contributed by atoms with Gasteiger partial charge in [0.05, 0.1) is 39.2 Å². The second kappa shape index (κ2) is 14.6. The van der Waals surface area contributed by atoms with Gasteiger partial charge in [-0.3, -0.25) is 0 Å². The molecule has 3 aromatic carbocycles. The third-order valence-electron chi connectivity index (χ3n) is 9.40. The van der Waals surface area contributed by atoms with Crippen molar-refractivity contribution in [1.82, 2.24) is 24.7 Å². The summed E-state index contributed by atoms with van der Waals surface area (Å²) in [6.45, 7) is 12.7. The minimum Gasteiger partial charge on any atom is -0.573 e. The van der Waals surface area contributed by atoms with Gasteiger partial charge in [0.25, 0.3) is 0 Å². The fraction of sp³-hybridized carbons (Fsp3) is 0.182. The summed E-state index contributed by atoms with van der Waals surface area (Å²) in [5, 5.41) is 60.2. The summed E-state index contributed by atoms with van der Waals surface area (Å²) in [7, 11) is 0. The molecule has 0 aliphatic carbocycles. The normalized spacial score (nSPS) is 11.2. The summed E-state index contributed by atoms with van der Waals surface area (Å²) in [6.07, 6.45) is 1.83. The molecule has 7 rings (SSSR count). The van der Waals surface area contributed by atoms with Crippen molar-refractivity contribution in [3.8, 4) is 70.4 Å². The van der Waals surface area contributed by atoms with Crippen LogP contribution in [0.15, 0.2) is 72.9 Å². The molecule has 0 saturated heterocycles. The van der Waals surface area contributed by atoms with Gasteiger partial charge in [0, 0.05) is 29.1 Å². The molecule has 0 amide bonds. The van der Waals surface area contributed by atoms with Gasteiger partial charge in [0.2, 0.25) is 5.88 Å². The van der Waals surface area contributed by atoms with Crippen LogP contribution >= 0.6 is 0 Å². The minimum absolute atomic E-state index is 0. The average Bonchev–Trinajstić information content (AvgIpc) is 3.79. The van der Waals surface area contributed by atoms with E-state index in [9.17, 15) is 26.3 Å². The van der Waals surface area contributed by atoms with Crippen molar-refractivity contribution >= 4 is 21.8 Å². The van der Waals surface area contributed by atoms with Gasteiger partial charge >= 0.3 is 21.1 Å². The van der Waals surface area contributed by atoms with E-state index in [-0.39, 0.29) is 76.8 Å². The fourth-order valence-corrected chi connectivity index (χ4v) is 6.52. The van der Waals surface area contributed by atoms with Crippen LogP contribution in [0.1, 0.15) is 80.5 Å². The summed E-state index contributed by atoms with van der Waals surface area (Å²) < 4.78 is 8.55. The van der Waals surface area contributed by atoms with Crippen LogP contribution in [0.4, 0.5) is 0 Å². The van der Waals surface area contributed by atoms with Crippen LogP contribution < -0.4 is 9.84 Å². The molecule has 272 valence electrons. The van der Waals surface area contributed by atoms with Gasteiger partial charge < -0.3 is 19.5 Å². The molecule has 4 aromatic heterocycles.